The molecular formula is C24H30N2O5S. The van der Waals surface area contributed by atoms with Crippen molar-refractivity contribution in [1.29, 1.82) is 0 Å². The van der Waals surface area contributed by atoms with E-state index in [9.17, 15) is 9.59 Å². The van der Waals surface area contributed by atoms with Gasteiger partial charge in [-0.05, 0) is 37.8 Å². The van der Waals surface area contributed by atoms with Crippen LogP contribution in [0.25, 0.3) is 0 Å². The summed E-state index contributed by atoms with van der Waals surface area (Å²) in [5, 5.41) is 5.90. The number of cyclic esters (lactones) is 2. The van der Waals surface area contributed by atoms with Gasteiger partial charge in [-0.25, -0.2) is 4.98 Å². The molecule has 7 nitrogen and oxygen atoms in total. The van der Waals surface area contributed by atoms with Crippen LogP contribution in [0.1, 0.15) is 51.3 Å². The molecule has 1 aromatic carbocycles. The largest absolute Gasteiger partial charge is 0.459 e. The van der Waals surface area contributed by atoms with Crippen LogP contribution in [0.3, 0.4) is 0 Å². The summed E-state index contributed by atoms with van der Waals surface area (Å²) in [6.45, 7) is 9.00. The Morgan fingerprint density at radius 2 is 2.06 bits per heavy atom. The molecule has 2 fully saturated rings. The maximum Gasteiger partial charge on any atom is 0.324 e. The Kier molecular flexibility index (Phi) is 6.27. The molecule has 3 heterocycles. The van der Waals surface area contributed by atoms with Gasteiger partial charge in [0.25, 0.3) is 0 Å². The average molecular weight is 459 g/mol. The third-order valence-corrected chi connectivity index (χ3v) is 6.92. The summed E-state index contributed by atoms with van der Waals surface area (Å²) < 4.78 is 17.0. The number of thiazole rings is 1. The number of aromatic nitrogens is 1. The van der Waals surface area contributed by atoms with E-state index in [0.29, 0.717) is 30.0 Å². The lowest BCUT2D eigenvalue weighted by Gasteiger charge is -2.20. The zero-order valence-electron chi connectivity index (χ0n) is 19.0. The van der Waals surface area contributed by atoms with Crippen LogP contribution in [0.2, 0.25) is 0 Å². The van der Waals surface area contributed by atoms with E-state index in [2.05, 4.69) is 24.1 Å². The molecule has 2 aromatic rings. The molecule has 0 bridgehead atoms. The topological polar surface area (TPSA) is 86.8 Å². The predicted molar refractivity (Wildman–Crippen MR) is 122 cm³/mol. The first kappa shape index (κ1) is 22.7. The molecule has 0 amide bonds. The van der Waals surface area contributed by atoms with E-state index in [4.69, 9.17) is 14.2 Å². The standard InChI is InChI=1S/C24H30N2O5S/c1-15(2)9-10-29-12-17-11-24(20(27)30-17)14-23(4,31-21(24)28)19-13-32-22(26-19)25-18-8-6-5-7-16(18)3/h5-8,13,15,17H,9-12,14H2,1-4H3,(H,25,26)/t17-,23+,24+/m1/s1. The highest BCUT2D eigenvalue weighted by Crippen LogP contribution is 2.52. The number of carbonyl (C=O) groups is 2. The molecule has 2 saturated heterocycles. The van der Waals surface area contributed by atoms with Gasteiger partial charge in [0.05, 0.1) is 12.3 Å². The molecule has 1 N–H and O–H groups in total. The molecular weight excluding hydrogens is 428 g/mol. The zero-order valence-corrected chi connectivity index (χ0v) is 19.8. The van der Waals surface area contributed by atoms with Gasteiger partial charge in [-0.15, -0.1) is 11.3 Å². The number of anilines is 2. The second-order valence-electron chi connectivity index (χ2n) is 9.35. The number of carbonyl (C=O) groups excluding carboxylic acids is 2. The van der Waals surface area contributed by atoms with E-state index in [-0.39, 0.29) is 12.8 Å². The zero-order chi connectivity index (χ0) is 22.9. The fourth-order valence-electron chi connectivity index (χ4n) is 4.25. The average Bonchev–Trinajstić information content (AvgIpc) is 3.39. The van der Waals surface area contributed by atoms with Crippen molar-refractivity contribution in [2.24, 2.45) is 11.3 Å². The van der Waals surface area contributed by atoms with Gasteiger partial charge in [-0.2, -0.15) is 0 Å². The van der Waals surface area contributed by atoms with Crippen LogP contribution in [0.5, 0.6) is 0 Å². The first-order valence-corrected chi connectivity index (χ1v) is 11.9. The number of hydrogen-bond acceptors (Lipinski definition) is 8. The Balaban J connectivity index is 1.44. The summed E-state index contributed by atoms with van der Waals surface area (Å²) >= 11 is 1.44. The number of benzene rings is 1. The minimum atomic E-state index is -1.28. The SMILES string of the molecule is Cc1ccccc1Nc1nc([C@]2(C)C[C@]3(C[C@H](COCCC(C)C)OC3=O)C(=O)O2)cs1. The minimum Gasteiger partial charge on any atom is -0.459 e. The van der Waals surface area contributed by atoms with Crippen molar-refractivity contribution in [3.63, 3.8) is 0 Å². The van der Waals surface area contributed by atoms with Crippen molar-refractivity contribution < 1.29 is 23.8 Å². The molecule has 32 heavy (non-hydrogen) atoms. The maximum absolute atomic E-state index is 12.9. The Hall–Kier alpha value is -2.45. The van der Waals surface area contributed by atoms with Crippen molar-refractivity contribution in [2.75, 3.05) is 18.5 Å². The molecule has 0 saturated carbocycles. The second kappa shape index (κ2) is 8.83. The van der Waals surface area contributed by atoms with Gasteiger partial charge in [-0.3, -0.25) is 9.59 Å². The molecule has 172 valence electrons. The lowest BCUT2D eigenvalue weighted by molar-refractivity contribution is -0.160. The van der Waals surface area contributed by atoms with Gasteiger partial charge in [0, 0.05) is 30.5 Å². The quantitative estimate of drug-likeness (QED) is 0.348. The number of para-hydroxylation sites is 1. The van der Waals surface area contributed by atoms with E-state index in [1.54, 1.807) is 0 Å². The van der Waals surface area contributed by atoms with Gasteiger partial charge in [0.2, 0.25) is 0 Å². The van der Waals surface area contributed by atoms with Crippen molar-refractivity contribution in [3.8, 4) is 0 Å². The van der Waals surface area contributed by atoms with Crippen molar-refractivity contribution >= 4 is 34.1 Å². The molecule has 8 heteroatoms. The number of ether oxygens (including phenoxy) is 3. The lowest BCUT2D eigenvalue weighted by Crippen LogP contribution is -2.32. The van der Waals surface area contributed by atoms with E-state index in [1.165, 1.54) is 11.3 Å². The van der Waals surface area contributed by atoms with E-state index < -0.39 is 29.1 Å². The van der Waals surface area contributed by atoms with Gasteiger partial charge >= 0.3 is 11.9 Å². The normalized spacial score (nSPS) is 27.2. The molecule has 3 atom stereocenters. The summed E-state index contributed by atoms with van der Waals surface area (Å²) in [4.78, 5) is 30.3. The summed E-state index contributed by atoms with van der Waals surface area (Å²) in [7, 11) is 0. The van der Waals surface area contributed by atoms with E-state index in [1.807, 2.05) is 43.5 Å². The third-order valence-electron chi connectivity index (χ3n) is 6.16. The highest BCUT2D eigenvalue weighted by atomic mass is 32.1. The van der Waals surface area contributed by atoms with Crippen LogP contribution >= 0.6 is 11.3 Å². The van der Waals surface area contributed by atoms with Gasteiger partial charge in [0.15, 0.2) is 16.1 Å². The number of aryl methyl sites for hydroxylation is 1. The third kappa shape index (κ3) is 4.38. The summed E-state index contributed by atoms with van der Waals surface area (Å²) in [5.74, 6) is -0.505. The Bertz CT molecular complexity index is 1010. The summed E-state index contributed by atoms with van der Waals surface area (Å²) in [6, 6.07) is 7.95. The molecule has 0 aliphatic carbocycles. The number of hydrogen-bond donors (Lipinski definition) is 1. The Morgan fingerprint density at radius 1 is 1.28 bits per heavy atom. The maximum atomic E-state index is 12.9. The first-order valence-electron chi connectivity index (χ1n) is 11.0. The van der Waals surface area contributed by atoms with Crippen LogP contribution in [-0.2, 0) is 29.4 Å². The highest BCUT2D eigenvalue weighted by Gasteiger charge is 2.65. The van der Waals surface area contributed by atoms with Gasteiger partial charge in [-0.1, -0.05) is 32.0 Å². The van der Waals surface area contributed by atoms with Crippen LogP contribution in [-0.4, -0.2) is 36.2 Å². The van der Waals surface area contributed by atoms with Crippen molar-refractivity contribution in [2.45, 2.75) is 58.7 Å². The second-order valence-corrected chi connectivity index (χ2v) is 10.2. The van der Waals surface area contributed by atoms with Crippen molar-refractivity contribution in [1.82, 2.24) is 4.98 Å². The Morgan fingerprint density at radius 3 is 2.81 bits per heavy atom. The van der Waals surface area contributed by atoms with Crippen molar-refractivity contribution in [3.05, 3.63) is 40.9 Å². The molecule has 1 aromatic heterocycles. The summed E-state index contributed by atoms with van der Waals surface area (Å²) in [6.07, 6.45) is 1.00. The fraction of sp³-hybridized carbons (Fsp3) is 0.542. The van der Waals surface area contributed by atoms with Crippen LogP contribution in [0, 0.1) is 18.3 Å². The van der Waals surface area contributed by atoms with Gasteiger partial charge in [0.1, 0.15) is 6.10 Å². The summed E-state index contributed by atoms with van der Waals surface area (Å²) in [5.41, 5.74) is 0.447. The molecule has 2 aliphatic heterocycles. The molecule has 2 aliphatic rings. The van der Waals surface area contributed by atoms with Gasteiger partial charge < -0.3 is 19.5 Å². The molecule has 0 unspecified atom stereocenters. The minimum absolute atomic E-state index is 0.216. The molecule has 1 spiro atoms. The molecule has 4 rings (SSSR count). The fourth-order valence-corrected chi connectivity index (χ4v) is 5.09. The van der Waals surface area contributed by atoms with Crippen LogP contribution < -0.4 is 5.32 Å². The predicted octanol–water partition coefficient (Wildman–Crippen LogP) is 4.72. The number of nitrogens with zero attached hydrogens (tertiary/aromatic N) is 1. The van der Waals surface area contributed by atoms with Crippen LogP contribution in [0.15, 0.2) is 29.6 Å². The first-order chi connectivity index (χ1) is 15.2. The Labute approximate surface area is 192 Å². The number of rotatable bonds is 8. The molecule has 0 radical (unpaired) electrons. The van der Waals surface area contributed by atoms with Crippen LogP contribution in [0.4, 0.5) is 10.8 Å². The highest BCUT2D eigenvalue weighted by molar-refractivity contribution is 7.13. The lowest BCUT2D eigenvalue weighted by atomic mass is 9.78. The van der Waals surface area contributed by atoms with E-state index in [0.717, 1.165) is 17.7 Å². The van der Waals surface area contributed by atoms with E-state index >= 15 is 0 Å². The number of nitrogens with one attached hydrogen (secondary N) is 1. The monoisotopic (exact) mass is 458 g/mol. The number of esters is 2. The smallest absolute Gasteiger partial charge is 0.324 e.